The van der Waals surface area contributed by atoms with E-state index in [0.29, 0.717) is 29.8 Å². The molecule has 2 rings (SSSR count). The molecule has 0 atom stereocenters. The summed E-state index contributed by atoms with van der Waals surface area (Å²) < 4.78 is 21.2. The van der Waals surface area contributed by atoms with Gasteiger partial charge in [-0.25, -0.2) is 4.79 Å². The lowest BCUT2D eigenvalue weighted by Gasteiger charge is -2.15. The van der Waals surface area contributed by atoms with Crippen LogP contribution in [0.4, 0.5) is 0 Å². The predicted octanol–water partition coefficient (Wildman–Crippen LogP) is 2.16. The fourth-order valence-electron chi connectivity index (χ4n) is 1.75. The van der Waals surface area contributed by atoms with Crippen LogP contribution >= 0.6 is 0 Å². The van der Waals surface area contributed by atoms with Crippen LogP contribution in [0.15, 0.2) is 12.1 Å². The number of methoxy groups -OCH3 is 2. The standard InChI is InChI=1S/C14H18O6/c1-17-11-5-10(14(15)16)6-12(18-2)13(11)20-8-19-7-9-3-4-9/h5-6,9H,3-4,7-8H2,1-2H3,(H,15,16). The van der Waals surface area contributed by atoms with E-state index >= 15 is 0 Å². The number of rotatable bonds is 8. The summed E-state index contributed by atoms with van der Waals surface area (Å²) in [6.07, 6.45) is 2.42. The third kappa shape index (κ3) is 3.54. The molecule has 1 aliphatic rings. The van der Waals surface area contributed by atoms with Gasteiger partial charge in [0.1, 0.15) is 0 Å². The Labute approximate surface area is 117 Å². The van der Waals surface area contributed by atoms with Gasteiger partial charge in [-0.05, 0) is 30.9 Å². The van der Waals surface area contributed by atoms with Crippen LogP contribution in [0.1, 0.15) is 23.2 Å². The number of carbonyl (C=O) groups is 1. The summed E-state index contributed by atoms with van der Waals surface area (Å²) in [6, 6.07) is 2.78. The van der Waals surface area contributed by atoms with Gasteiger partial charge in [0.05, 0.1) is 26.4 Å². The van der Waals surface area contributed by atoms with Crippen LogP contribution in [0.5, 0.6) is 17.2 Å². The average Bonchev–Trinajstić information content (AvgIpc) is 3.26. The molecule has 0 amide bonds. The van der Waals surface area contributed by atoms with Crippen LogP contribution in [0.2, 0.25) is 0 Å². The summed E-state index contributed by atoms with van der Waals surface area (Å²) in [6.45, 7) is 0.757. The molecule has 0 aliphatic heterocycles. The summed E-state index contributed by atoms with van der Waals surface area (Å²) in [5.74, 6) is 0.541. The topological polar surface area (TPSA) is 74.2 Å². The molecule has 0 saturated heterocycles. The molecule has 1 aromatic rings. The number of hydrogen-bond acceptors (Lipinski definition) is 5. The fourth-order valence-corrected chi connectivity index (χ4v) is 1.75. The molecule has 1 fully saturated rings. The monoisotopic (exact) mass is 282 g/mol. The van der Waals surface area contributed by atoms with Crippen LogP contribution in [0.3, 0.4) is 0 Å². The van der Waals surface area contributed by atoms with Crippen LogP contribution in [0.25, 0.3) is 0 Å². The van der Waals surface area contributed by atoms with Gasteiger partial charge in [0.15, 0.2) is 18.3 Å². The van der Waals surface area contributed by atoms with Crippen molar-refractivity contribution in [1.29, 1.82) is 0 Å². The number of hydrogen-bond donors (Lipinski definition) is 1. The first kappa shape index (κ1) is 14.5. The van der Waals surface area contributed by atoms with Crippen LogP contribution < -0.4 is 14.2 Å². The molecule has 0 radical (unpaired) electrons. The van der Waals surface area contributed by atoms with Gasteiger partial charge in [-0.15, -0.1) is 0 Å². The highest BCUT2D eigenvalue weighted by molar-refractivity contribution is 5.89. The van der Waals surface area contributed by atoms with Gasteiger partial charge in [-0.1, -0.05) is 0 Å². The van der Waals surface area contributed by atoms with E-state index < -0.39 is 5.97 Å². The van der Waals surface area contributed by atoms with Crippen molar-refractivity contribution < 1.29 is 28.8 Å². The van der Waals surface area contributed by atoms with E-state index in [1.807, 2.05) is 0 Å². The van der Waals surface area contributed by atoms with Gasteiger partial charge in [0, 0.05) is 0 Å². The zero-order chi connectivity index (χ0) is 14.5. The molecule has 110 valence electrons. The van der Waals surface area contributed by atoms with E-state index in [1.54, 1.807) is 0 Å². The fraction of sp³-hybridized carbons (Fsp3) is 0.500. The highest BCUT2D eigenvalue weighted by atomic mass is 16.7. The molecule has 0 bridgehead atoms. The zero-order valence-electron chi connectivity index (χ0n) is 11.5. The van der Waals surface area contributed by atoms with Crippen molar-refractivity contribution in [2.45, 2.75) is 12.8 Å². The number of ether oxygens (including phenoxy) is 4. The Kier molecular flexibility index (Phi) is 4.68. The quantitative estimate of drug-likeness (QED) is 0.582. The van der Waals surface area contributed by atoms with E-state index in [0.717, 1.165) is 0 Å². The molecule has 20 heavy (non-hydrogen) atoms. The average molecular weight is 282 g/mol. The predicted molar refractivity (Wildman–Crippen MR) is 70.7 cm³/mol. The smallest absolute Gasteiger partial charge is 0.335 e. The Morgan fingerprint density at radius 1 is 1.25 bits per heavy atom. The second-order valence-electron chi connectivity index (χ2n) is 4.59. The number of carboxylic acids is 1. The second kappa shape index (κ2) is 6.47. The lowest BCUT2D eigenvalue weighted by atomic mass is 10.2. The summed E-state index contributed by atoms with van der Waals surface area (Å²) in [7, 11) is 2.89. The van der Waals surface area contributed by atoms with E-state index in [4.69, 9.17) is 24.1 Å². The van der Waals surface area contributed by atoms with Crippen molar-refractivity contribution in [1.82, 2.24) is 0 Å². The largest absolute Gasteiger partial charge is 0.493 e. The maximum Gasteiger partial charge on any atom is 0.335 e. The van der Waals surface area contributed by atoms with Crippen molar-refractivity contribution in [2.75, 3.05) is 27.6 Å². The first-order valence-electron chi connectivity index (χ1n) is 6.35. The Hall–Kier alpha value is -1.95. The highest BCUT2D eigenvalue weighted by Crippen LogP contribution is 2.38. The van der Waals surface area contributed by atoms with Crippen molar-refractivity contribution in [3.63, 3.8) is 0 Å². The molecule has 1 N–H and O–H groups in total. The maximum absolute atomic E-state index is 11.0. The third-order valence-corrected chi connectivity index (χ3v) is 3.04. The SMILES string of the molecule is COc1cc(C(=O)O)cc(OC)c1OCOCC1CC1. The second-order valence-corrected chi connectivity index (χ2v) is 4.59. The Morgan fingerprint density at radius 2 is 1.85 bits per heavy atom. The van der Waals surface area contributed by atoms with Gasteiger partial charge in [0.25, 0.3) is 0 Å². The number of aromatic carboxylic acids is 1. The molecule has 0 aromatic heterocycles. The van der Waals surface area contributed by atoms with E-state index in [1.165, 1.54) is 39.2 Å². The van der Waals surface area contributed by atoms with Gasteiger partial charge in [0.2, 0.25) is 5.75 Å². The lowest BCUT2D eigenvalue weighted by Crippen LogP contribution is -2.08. The van der Waals surface area contributed by atoms with E-state index in [9.17, 15) is 4.79 Å². The number of carboxylic acid groups (broad SMARTS) is 1. The normalized spacial score (nSPS) is 13.9. The van der Waals surface area contributed by atoms with Gasteiger partial charge in [-0.2, -0.15) is 0 Å². The van der Waals surface area contributed by atoms with Crippen LogP contribution in [0, 0.1) is 5.92 Å². The molecule has 0 spiro atoms. The first-order chi connectivity index (χ1) is 9.65. The Balaban J connectivity index is 2.09. The van der Waals surface area contributed by atoms with Gasteiger partial charge < -0.3 is 24.1 Å². The molecular weight excluding hydrogens is 264 g/mol. The van der Waals surface area contributed by atoms with Crippen molar-refractivity contribution in [3.05, 3.63) is 17.7 Å². The number of benzene rings is 1. The Morgan fingerprint density at radius 3 is 2.30 bits per heavy atom. The van der Waals surface area contributed by atoms with Crippen molar-refractivity contribution in [2.24, 2.45) is 5.92 Å². The third-order valence-electron chi connectivity index (χ3n) is 3.04. The molecular formula is C14H18O6. The van der Waals surface area contributed by atoms with Crippen LogP contribution in [-0.2, 0) is 4.74 Å². The van der Waals surface area contributed by atoms with E-state index in [-0.39, 0.29) is 12.4 Å². The zero-order valence-corrected chi connectivity index (χ0v) is 11.5. The van der Waals surface area contributed by atoms with Gasteiger partial charge in [-0.3, -0.25) is 0 Å². The molecule has 6 heteroatoms. The van der Waals surface area contributed by atoms with Crippen LogP contribution in [-0.4, -0.2) is 38.7 Å². The molecule has 0 unspecified atom stereocenters. The first-order valence-corrected chi connectivity index (χ1v) is 6.35. The van der Waals surface area contributed by atoms with Crippen molar-refractivity contribution in [3.8, 4) is 17.2 Å². The molecule has 1 aliphatic carbocycles. The molecule has 1 saturated carbocycles. The highest BCUT2D eigenvalue weighted by Gasteiger charge is 2.22. The minimum atomic E-state index is -1.06. The lowest BCUT2D eigenvalue weighted by molar-refractivity contribution is 0.00728. The maximum atomic E-state index is 11.0. The molecule has 0 heterocycles. The van der Waals surface area contributed by atoms with Crippen molar-refractivity contribution >= 4 is 5.97 Å². The summed E-state index contributed by atoms with van der Waals surface area (Å²) in [4.78, 5) is 11.0. The van der Waals surface area contributed by atoms with E-state index in [2.05, 4.69) is 0 Å². The minimum Gasteiger partial charge on any atom is -0.493 e. The minimum absolute atomic E-state index is 0.0740. The van der Waals surface area contributed by atoms with Gasteiger partial charge >= 0.3 is 5.97 Å². The summed E-state index contributed by atoms with van der Waals surface area (Å²) in [5, 5.41) is 9.02. The summed E-state index contributed by atoms with van der Waals surface area (Å²) in [5.41, 5.74) is 0.0740. The molecule has 6 nitrogen and oxygen atoms in total. The summed E-state index contributed by atoms with van der Waals surface area (Å²) >= 11 is 0. The molecule has 1 aromatic carbocycles. The Bertz CT molecular complexity index is 456.